The number of halogens is 3. The van der Waals surface area contributed by atoms with Gasteiger partial charge in [0.05, 0.1) is 44.6 Å². The first kappa shape index (κ1) is 23.6. The van der Waals surface area contributed by atoms with Gasteiger partial charge in [-0.15, -0.1) is 10.2 Å². The molecule has 3 aromatic rings. The van der Waals surface area contributed by atoms with Gasteiger partial charge in [-0.3, -0.25) is 9.20 Å². The number of hydrogen-bond acceptors (Lipinski definition) is 7. The Morgan fingerprint density at radius 1 is 1.12 bits per heavy atom. The van der Waals surface area contributed by atoms with Crippen molar-refractivity contribution in [2.45, 2.75) is 10.1 Å². The molecule has 1 N–H and O–H groups in total. The Labute approximate surface area is 203 Å². The van der Waals surface area contributed by atoms with Crippen LogP contribution in [-0.2, 0) is 19.6 Å². The van der Waals surface area contributed by atoms with Crippen LogP contribution in [0.3, 0.4) is 0 Å². The van der Waals surface area contributed by atoms with E-state index in [0.29, 0.717) is 34.1 Å². The van der Waals surface area contributed by atoms with E-state index in [1.807, 2.05) is 0 Å². The SMILES string of the molecule is O=C(CSc1nnc2c(Cl)cc(Cl)cn12)Nc1cc(S(=O)(=O)N2CCOCC2)ccc1Cl. The molecule has 0 radical (unpaired) electrons. The maximum Gasteiger partial charge on any atom is 0.243 e. The summed E-state index contributed by atoms with van der Waals surface area (Å²) in [5.74, 6) is -0.426. The van der Waals surface area contributed by atoms with Crippen LogP contribution in [0.15, 0.2) is 40.5 Å². The molecule has 2 aromatic heterocycles. The van der Waals surface area contributed by atoms with Crippen LogP contribution in [0.4, 0.5) is 5.69 Å². The van der Waals surface area contributed by atoms with Gasteiger partial charge >= 0.3 is 0 Å². The maximum absolute atomic E-state index is 12.9. The summed E-state index contributed by atoms with van der Waals surface area (Å²) in [6.45, 7) is 1.20. The van der Waals surface area contributed by atoms with Crippen molar-refractivity contribution in [1.82, 2.24) is 18.9 Å². The molecule has 32 heavy (non-hydrogen) atoms. The van der Waals surface area contributed by atoms with Crippen molar-refractivity contribution >= 4 is 73.8 Å². The fraction of sp³-hybridized carbons (Fsp3) is 0.278. The van der Waals surface area contributed by atoms with Gasteiger partial charge in [0.2, 0.25) is 15.9 Å². The second-order valence-corrected chi connectivity index (χ2v) is 10.8. The summed E-state index contributed by atoms with van der Waals surface area (Å²) in [5.41, 5.74) is 0.617. The van der Waals surface area contributed by atoms with Crippen LogP contribution in [0.5, 0.6) is 0 Å². The predicted molar refractivity (Wildman–Crippen MR) is 123 cm³/mol. The summed E-state index contributed by atoms with van der Waals surface area (Å²) < 4.78 is 33.9. The van der Waals surface area contributed by atoms with E-state index in [1.165, 1.54) is 22.5 Å². The zero-order valence-corrected chi connectivity index (χ0v) is 20.2. The van der Waals surface area contributed by atoms with Crippen LogP contribution in [-0.4, -0.2) is 65.3 Å². The molecule has 14 heteroatoms. The van der Waals surface area contributed by atoms with E-state index < -0.39 is 15.9 Å². The first-order valence-corrected chi connectivity index (χ1v) is 12.8. The highest BCUT2D eigenvalue weighted by Gasteiger charge is 2.27. The Bertz CT molecular complexity index is 1280. The first-order valence-electron chi connectivity index (χ1n) is 9.25. The second-order valence-electron chi connectivity index (χ2n) is 6.68. The van der Waals surface area contributed by atoms with E-state index in [9.17, 15) is 13.2 Å². The number of thioether (sulfide) groups is 1. The summed E-state index contributed by atoms with van der Waals surface area (Å²) >= 11 is 19.4. The molecule has 0 aliphatic carbocycles. The number of benzene rings is 1. The number of carbonyl (C=O) groups is 1. The van der Waals surface area contributed by atoms with Crippen molar-refractivity contribution in [3.8, 4) is 0 Å². The number of sulfonamides is 1. The first-order chi connectivity index (χ1) is 15.3. The summed E-state index contributed by atoms with van der Waals surface area (Å²) in [7, 11) is -3.73. The molecule has 1 aliphatic heterocycles. The van der Waals surface area contributed by atoms with Crippen molar-refractivity contribution in [3.05, 3.63) is 45.5 Å². The molecule has 1 amide bonds. The molecule has 3 heterocycles. The molecule has 1 aliphatic rings. The lowest BCUT2D eigenvalue weighted by molar-refractivity contribution is -0.113. The van der Waals surface area contributed by atoms with Crippen LogP contribution in [0.2, 0.25) is 15.1 Å². The van der Waals surface area contributed by atoms with E-state index in [0.717, 1.165) is 11.8 Å². The molecule has 0 unspecified atom stereocenters. The molecule has 170 valence electrons. The summed E-state index contributed by atoms with van der Waals surface area (Å²) in [4.78, 5) is 12.6. The van der Waals surface area contributed by atoms with E-state index in [4.69, 9.17) is 39.5 Å². The Kier molecular flexibility index (Phi) is 7.15. The number of pyridine rings is 1. The molecule has 1 saturated heterocycles. The standard InChI is InChI=1S/C18H16Cl3N5O4S2/c19-11-7-14(21)17-23-24-18(26(17)9-11)31-10-16(27)22-15-8-12(1-2-13(15)20)32(28,29)25-3-5-30-6-4-25/h1-2,7-9H,3-6,10H2,(H,22,27). The quantitative estimate of drug-likeness (QED) is 0.481. The summed E-state index contributed by atoms with van der Waals surface area (Å²) in [5, 5.41) is 12.0. The zero-order chi connectivity index (χ0) is 22.9. The molecular formula is C18H16Cl3N5O4S2. The Balaban J connectivity index is 1.47. The number of rotatable bonds is 6. The fourth-order valence-electron chi connectivity index (χ4n) is 3.01. The maximum atomic E-state index is 12.9. The lowest BCUT2D eigenvalue weighted by Crippen LogP contribution is -2.40. The molecule has 0 bridgehead atoms. The number of amides is 1. The van der Waals surface area contributed by atoms with Crippen LogP contribution in [0, 0.1) is 0 Å². The number of morpholine rings is 1. The zero-order valence-electron chi connectivity index (χ0n) is 16.3. The minimum atomic E-state index is -3.73. The number of carbonyl (C=O) groups excluding carboxylic acids is 1. The average molecular weight is 537 g/mol. The highest BCUT2D eigenvalue weighted by Crippen LogP contribution is 2.29. The van der Waals surface area contributed by atoms with E-state index in [2.05, 4.69) is 15.5 Å². The largest absolute Gasteiger partial charge is 0.379 e. The lowest BCUT2D eigenvalue weighted by Gasteiger charge is -2.26. The number of nitrogens with zero attached hydrogens (tertiary/aromatic N) is 4. The van der Waals surface area contributed by atoms with Crippen LogP contribution < -0.4 is 5.32 Å². The second kappa shape index (κ2) is 9.72. The van der Waals surface area contributed by atoms with Gasteiger partial charge in [-0.25, -0.2) is 8.42 Å². The topological polar surface area (TPSA) is 106 Å². The third kappa shape index (κ3) is 4.98. The summed E-state index contributed by atoms with van der Waals surface area (Å²) in [6.07, 6.45) is 1.60. The van der Waals surface area contributed by atoms with Gasteiger partial charge < -0.3 is 10.1 Å². The number of aromatic nitrogens is 3. The molecule has 1 aromatic carbocycles. The predicted octanol–water partition coefficient (Wildman–Crippen LogP) is 3.44. The Hall–Kier alpha value is -1.60. The van der Waals surface area contributed by atoms with Crippen molar-refractivity contribution in [2.24, 2.45) is 0 Å². The van der Waals surface area contributed by atoms with E-state index in [-0.39, 0.29) is 34.4 Å². The molecule has 0 spiro atoms. The number of anilines is 1. The Morgan fingerprint density at radius 3 is 2.62 bits per heavy atom. The number of hydrogen-bond donors (Lipinski definition) is 1. The van der Waals surface area contributed by atoms with Crippen LogP contribution >= 0.6 is 46.6 Å². The van der Waals surface area contributed by atoms with Gasteiger partial charge in [0, 0.05) is 19.3 Å². The lowest BCUT2D eigenvalue weighted by atomic mass is 10.3. The average Bonchev–Trinajstić information content (AvgIpc) is 3.17. The summed E-state index contributed by atoms with van der Waals surface area (Å²) in [6, 6.07) is 5.75. The highest BCUT2D eigenvalue weighted by atomic mass is 35.5. The third-order valence-corrected chi connectivity index (χ3v) is 8.20. The monoisotopic (exact) mass is 535 g/mol. The van der Waals surface area contributed by atoms with Gasteiger partial charge in [0.1, 0.15) is 0 Å². The fourth-order valence-corrected chi connectivity index (χ4v) is 5.83. The normalized spacial score (nSPS) is 15.2. The Morgan fingerprint density at radius 2 is 1.88 bits per heavy atom. The molecule has 0 atom stereocenters. The minimum absolute atomic E-state index is 0.0261. The third-order valence-electron chi connectivity index (χ3n) is 4.55. The van der Waals surface area contributed by atoms with E-state index >= 15 is 0 Å². The number of ether oxygens (including phenoxy) is 1. The molecule has 1 fully saturated rings. The molecular weight excluding hydrogens is 521 g/mol. The number of fused-ring (bicyclic) bond motifs is 1. The van der Waals surface area contributed by atoms with Crippen molar-refractivity contribution in [2.75, 3.05) is 37.4 Å². The van der Waals surface area contributed by atoms with Gasteiger partial charge in [-0.1, -0.05) is 46.6 Å². The van der Waals surface area contributed by atoms with Gasteiger partial charge in [0.15, 0.2) is 10.8 Å². The van der Waals surface area contributed by atoms with Crippen LogP contribution in [0.25, 0.3) is 5.65 Å². The van der Waals surface area contributed by atoms with Crippen molar-refractivity contribution in [3.63, 3.8) is 0 Å². The molecule has 0 saturated carbocycles. The van der Waals surface area contributed by atoms with Crippen molar-refractivity contribution in [1.29, 1.82) is 0 Å². The smallest absolute Gasteiger partial charge is 0.243 e. The van der Waals surface area contributed by atoms with Crippen molar-refractivity contribution < 1.29 is 17.9 Å². The van der Waals surface area contributed by atoms with Gasteiger partial charge in [-0.2, -0.15) is 4.31 Å². The highest BCUT2D eigenvalue weighted by molar-refractivity contribution is 7.99. The van der Waals surface area contributed by atoms with Crippen LogP contribution in [0.1, 0.15) is 0 Å². The number of nitrogens with one attached hydrogen (secondary N) is 1. The van der Waals surface area contributed by atoms with E-state index in [1.54, 1.807) is 16.7 Å². The molecule has 4 rings (SSSR count). The van der Waals surface area contributed by atoms with Gasteiger partial charge in [-0.05, 0) is 24.3 Å². The molecule has 9 nitrogen and oxygen atoms in total. The minimum Gasteiger partial charge on any atom is -0.379 e. The van der Waals surface area contributed by atoms with Gasteiger partial charge in [0.25, 0.3) is 0 Å².